The molecule has 414 valence electrons. The van der Waals surface area contributed by atoms with E-state index in [0.29, 0.717) is 99.3 Å². The number of thioether (sulfide) groups is 1. The molecule has 16 heteroatoms. The topological polar surface area (TPSA) is 147 Å². The van der Waals surface area contributed by atoms with E-state index in [1.807, 2.05) is 89.2 Å². The lowest BCUT2D eigenvalue weighted by molar-refractivity contribution is -0.401. The Labute approximate surface area is 467 Å². The molecular weight excluding hydrogens is 1020 g/mol. The second-order valence-electron chi connectivity index (χ2n) is 21.1. The van der Waals surface area contributed by atoms with Crippen LogP contribution in [-0.4, -0.2) is 129 Å². The van der Waals surface area contributed by atoms with Gasteiger partial charge in [-0.05, 0) is 146 Å². The first kappa shape index (κ1) is 55.3. The van der Waals surface area contributed by atoms with Crippen molar-refractivity contribution in [3.8, 4) is 17.2 Å². The standard InChI is InChI=1S/C63H71N5O10S/c1-6-24-75-26-27-76-25-23-65(21-11-15-50(69)16-12-22-66-60(70)37-59(79-5)63(66)73)48-30-42(39-77-56-34-44-19-20-47-32-45-13-7-9-17-53(45)67(47)61(71)51(44)28-41(56)2)29-43(31-48)40-78-58-36-55-52(35-57(58)74-4)62(72)68-49(38-64(55)3)33-46-14-8-10-18-54(46)68/h7-10,13-14,17-18,28-31,34-36,47,49,59H,6,11-12,15-16,19-27,32-33,37,39-40H2,1-5H3/t47-,49+,59?/m1/s1. The van der Waals surface area contributed by atoms with Crippen molar-refractivity contribution in [3.63, 3.8) is 0 Å². The molecule has 0 saturated carbocycles. The molecule has 1 fully saturated rings. The Bertz CT molecular complexity index is 3160. The second kappa shape index (κ2) is 25.0. The molecule has 0 radical (unpaired) electrons. The lowest BCUT2D eigenvalue weighted by atomic mass is 9.98. The first-order valence-electron chi connectivity index (χ1n) is 27.8. The molecule has 5 aromatic rings. The van der Waals surface area contributed by atoms with E-state index in [9.17, 15) is 24.0 Å². The summed E-state index contributed by atoms with van der Waals surface area (Å²) in [5, 5.41) is -0.345. The van der Waals surface area contributed by atoms with Crippen molar-refractivity contribution in [3.05, 3.63) is 136 Å². The number of Topliss-reactive ketones (excluding diaryl/α,β-unsaturated/α-hetero) is 1. The van der Waals surface area contributed by atoms with E-state index in [4.69, 9.17) is 23.7 Å². The zero-order chi connectivity index (χ0) is 55.2. The van der Waals surface area contributed by atoms with Crippen LogP contribution in [0.1, 0.15) is 106 Å². The highest BCUT2D eigenvalue weighted by atomic mass is 32.2. The van der Waals surface area contributed by atoms with Crippen molar-refractivity contribution < 1.29 is 52.2 Å². The average molecular weight is 1090 g/mol. The van der Waals surface area contributed by atoms with Gasteiger partial charge >= 0.3 is 0 Å². The summed E-state index contributed by atoms with van der Waals surface area (Å²) in [6, 6.07) is 29.9. The third kappa shape index (κ3) is 12.1. The van der Waals surface area contributed by atoms with Crippen LogP contribution < -0.4 is 28.9 Å². The highest BCUT2D eigenvalue weighted by Crippen LogP contribution is 2.42. The summed E-state index contributed by atoms with van der Waals surface area (Å²) in [5.74, 6) is 1.22. The van der Waals surface area contributed by atoms with Gasteiger partial charge in [0.25, 0.3) is 5.91 Å². The summed E-state index contributed by atoms with van der Waals surface area (Å²) in [5.41, 5.74) is 10.5. The van der Waals surface area contributed by atoms with E-state index >= 15 is 0 Å². The van der Waals surface area contributed by atoms with E-state index in [1.54, 1.807) is 13.2 Å². The molecule has 5 aromatic carbocycles. The number of amides is 4. The molecule has 0 spiro atoms. The highest BCUT2D eigenvalue weighted by molar-refractivity contribution is 8.00. The number of imide groups is 1. The fourth-order valence-electron chi connectivity index (χ4n) is 11.7. The number of aryl methyl sites for hydroxylation is 2. The van der Waals surface area contributed by atoms with Gasteiger partial charge in [-0.25, -0.2) is 0 Å². The van der Waals surface area contributed by atoms with Gasteiger partial charge < -0.3 is 43.0 Å². The van der Waals surface area contributed by atoms with Gasteiger partial charge in [0.05, 0.1) is 37.9 Å². The third-order valence-corrected chi connectivity index (χ3v) is 16.6. The van der Waals surface area contributed by atoms with Gasteiger partial charge in [-0.3, -0.25) is 28.9 Å². The van der Waals surface area contributed by atoms with Gasteiger partial charge in [-0.1, -0.05) is 43.3 Å². The summed E-state index contributed by atoms with van der Waals surface area (Å²) >= 11 is 1.38. The number of hydrogen-bond acceptors (Lipinski definition) is 12. The maximum Gasteiger partial charge on any atom is 0.258 e. The van der Waals surface area contributed by atoms with Crippen molar-refractivity contribution in [2.24, 2.45) is 0 Å². The fourth-order valence-corrected chi connectivity index (χ4v) is 12.3. The van der Waals surface area contributed by atoms with Crippen LogP contribution in [0.4, 0.5) is 22.7 Å². The van der Waals surface area contributed by atoms with E-state index in [-0.39, 0.29) is 79.3 Å². The number of fused-ring (bicyclic) bond motifs is 8. The summed E-state index contributed by atoms with van der Waals surface area (Å²) in [7, 11) is 3.47. The lowest BCUT2D eigenvalue weighted by Crippen LogP contribution is -2.38. The number of nitrogens with zero attached hydrogens (tertiary/aromatic N) is 5. The van der Waals surface area contributed by atoms with Crippen LogP contribution in [0.2, 0.25) is 0 Å². The number of benzene rings is 5. The molecule has 1 unspecified atom stereocenters. The Morgan fingerprint density at radius 2 is 1.42 bits per heavy atom. The van der Waals surface area contributed by atoms with Crippen LogP contribution in [0.25, 0.3) is 0 Å². The molecule has 5 aliphatic rings. The van der Waals surface area contributed by atoms with Gasteiger partial charge in [-0.15, -0.1) is 0 Å². The first-order valence-corrected chi connectivity index (χ1v) is 29.1. The van der Waals surface area contributed by atoms with E-state index in [2.05, 4.69) is 48.4 Å². The SMILES string of the molecule is CCCOCCOCCN(CCCC(=O)CCCN1C(=O)CC(SC)C1=O)c1cc(COc2cc3c(cc2C)C(=O)N2c4ccccc4C[C@H]2CC3)cc(COc2cc3c(cc2OC)C(=O)N2c4ccccc4C[C@H]2[C-]=[N+]3C)c1. The smallest absolute Gasteiger partial charge is 0.258 e. The summed E-state index contributed by atoms with van der Waals surface area (Å²) in [4.78, 5) is 74.5. The fraction of sp³-hybridized carbons (Fsp3) is 0.429. The van der Waals surface area contributed by atoms with Crippen LogP contribution in [0.3, 0.4) is 0 Å². The summed E-state index contributed by atoms with van der Waals surface area (Å²) in [6.07, 6.45) is 11.2. The molecule has 0 aliphatic carbocycles. The number of methoxy groups -OCH3 is 1. The first-order chi connectivity index (χ1) is 38.4. The maximum atomic E-state index is 14.4. The Balaban J connectivity index is 0.905. The Morgan fingerprint density at radius 3 is 2.14 bits per heavy atom. The molecule has 5 heterocycles. The number of hydrogen-bond donors (Lipinski definition) is 0. The lowest BCUT2D eigenvalue weighted by Gasteiger charge is -2.26. The largest absolute Gasteiger partial charge is 0.493 e. The number of carbonyl (C=O) groups is 5. The van der Waals surface area contributed by atoms with E-state index in [1.165, 1.54) is 22.2 Å². The van der Waals surface area contributed by atoms with Crippen molar-refractivity contribution in [2.45, 2.75) is 109 Å². The Hall–Kier alpha value is -7.01. The zero-order valence-corrected chi connectivity index (χ0v) is 46.9. The van der Waals surface area contributed by atoms with Gasteiger partial charge in [0.2, 0.25) is 17.7 Å². The molecule has 10 rings (SSSR count). The van der Waals surface area contributed by atoms with Crippen LogP contribution in [0.5, 0.6) is 17.2 Å². The quantitative estimate of drug-likeness (QED) is 0.0238. The predicted molar refractivity (Wildman–Crippen MR) is 306 cm³/mol. The van der Waals surface area contributed by atoms with Gasteiger partial charge in [0.15, 0.2) is 5.75 Å². The summed E-state index contributed by atoms with van der Waals surface area (Å²) in [6.45, 7) is 7.75. The second-order valence-corrected chi connectivity index (χ2v) is 22.1. The molecule has 5 aliphatic heterocycles. The molecule has 0 N–H and O–H groups in total. The van der Waals surface area contributed by atoms with Crippen LogP contribution >= 0.6 is 11.8 Å². The van der Waals surface area contributed by atoms with Gasteiger partial charge in [0.1, 0.15) is 37.5 Å². The number of anilines is 3. The molecule has 1 saturated heterocycles. The van der Waals surface area contributed by atoms with Crippen LogP contribution in [0.15, 0.2) is 91.0 Å². The molecule has 3 atom stereocenters. The molecule has 4 amide bonds. The zero-order valence-electron chi connectivity index (χ0n) is 46.1. The van der Waals surface area contributed by atoms with Crippen LogP contribution in [0, 0.1) is 6.92 Å². The van der Waals surface area contributed by atoms with Crippen molar-refractivity contribution in [1.82, 2.24) is 4.90 Å². The minimum Gasteiger partial charge on any atom is -0.493 e. The van der Waals surface area contributed by atoms with E-state index in [0.717, 1.165) is 70.6 Å². The number of ketones is 1. The molecule has 0 bridgehead atoms. The van der Waals surface area contributed by atoms with E-state index < -0.39 is 0 Å². The number of likely N-dealkylation sites (tertiary alicyclic amines) is 1. The van der Waals surface area contributed by atoms with Crippen molar-refractivity contribution >= 4 is 70.1 Å². The van der Waals surface area contributed by atoms with Crippen LogP contribution in [-0.2, 0) is 56.3 Å². The Kier molecular flexibility index (Phi) is 17.5. The predicted octanol–water partition coefficient (Wildman–Crippen LogP) is 9.36. The summed E-state index contributed by atoms with van der Waals surface area (Å²) < 4.78 is 33.0. The number of carbonyl (C=O) groups excluding carboxylic acids is 5. The number of ether oxygens (including phenoxy) is 5. The van der Waals surface area contributed by atoms with Gasteiger partial charge in [0, 0.05) is 92.0 Å². The molecule has 15 nitrogen and oxygen atoms in total. The number of para-hydroxylation sites is 2. The van der Waals surface area contributed by atoms with Crippen molar-refractivity contribution in [2.75, 3.05) is 81.2 Å². The molecule has 0 aromatic heterocycles. The normalized spacial score (nSPS) is 18.1. The minimum absolute atomic E-state index is 0.0276. The van der Waals surface area contributed by atoms with Crippen molar-refractivity contribution in [1.29, 1.82) is 0 Å². The highest BCUT2D eigenvalue weighted by Gasteiger charge is 2.40. The van der Waals surface area contributed by atoms with Gasteiger partial charge in [-0.2, -0.15) is 11.8 Å². The Morgan fingerprint density at radius 1 is 0.734 bits per heavy atom. The minimum atomic E-state index is -0.345. The molecular formula is C63H71N5O10S. The molecule has 79 heavy (non-hydrogen) atoms. The monoisotopic (exact) mass is 1090 g/mol. The third-order valence-electron chi connectivity index (χ3n) is 15.7. The number of rotatable bonds is 25. The average Bonchev–Trinajstić information content (AvgIpc) is 4.31. The maximum absolute atomic E-state index is 14.4.